The molecule has 2 aromatic heterocycles. The predicted octanol–water partition coefficient (Wildman–Crippen LogP) is 3.02. The van der Waals surface area contributed by atoms with E-state index in [9.17, 15) is 4.79 Å². The molecule has 1 aliphatic heterocycles. The van der Waals surface area contributed by atoms with Crippen LogP contribution in [0.5, 0.6) is 0 Å². The molecule has 5 heteroatoms. The van der Waals surface area contributed by atoms with Crippen molar-refractivity contribution in [3.05, 3.63) is 47.9 Å². The Morgan fingerprint density at radius 2 is 2.04 bits per heavy atom. The topological polar surface area (TPSA) is 41.4 Å². The minimum absolute atomic E-state index is 0.311. The molecule has 0 radical (unpaired) electrons. The van der Waals surface area contributed by atoms with Crippen LogP contribution < -0.4 is 0 Å². The summed E-state index contributed by atoms with van der Waals surface area (Å²) in [6.07, 6.45) is 8.42. The number of aryl methyl sites for hydroxylation is 1. The van der Waals surface area contributed by atoms with Gasteiger partial charge in [0.25, 0.3) is 0 Å². The summed E-state index contributed by atoms with van der Waals surface area (Å²) in [7, 11) is 0. The van der Waals surface area contributed by atoms with Crippen LogP contribution >= 0.6 is 0 Å². The molecule has 1 aliphatic carbocycles. The average molecular weight is 352 g/mol. The van der Waals surface area contributed by atoms with E-state index in [-0.39, 0.29) is 0 Å². The number of pyridine rings is 1. The van der Waals surface area contributed by atoms with Gasteiger partial charge in [-0.3, -0.25) is 9.69 Å². The summed E-state index contributed by atoms with van der Waals surface area (Å²) in [5, 5.41) is 0. The molecule has 138 valence electrons. The van der Waals surface area contributed by atoms with Gasteiger partial charge in [0.2, 0.25) is 5.91 Å². The third-order valence-corrected chi connectivity index (χ3v) is 5.72. The summed E-state index contributed by atoms with van der Waals surface area (Å²) < 4.78 is 2.18. The van der Waals surface area contributed by atoms with Crippen LogP contribution in [0.15, 0.2) is 36.7 Å². The molecule has 2 aromatic rings. The lowest BCUT2D eigenvalue weighted by molar-refractivity contribution is -0.138. The highest BCUT2D eigenvalue weighted by molar-refractivity contribution is 5.79. The van der Waals surface area contributed by atoms with Gasteiger partial charge >= 0.3 is 0 Å². The summed E-state index contributed by atoms with van der Waals surface area (Å²) in [5.74, 6) is 1.68. The van der Waals surface area contributed by atoms with Crippen molar-refractivity contribution in [1.82, 2.24) is 19.4 Å². The van der Waals surface area contributed by atoms with E-state index in [0.717, 1.165) is 57.8 Å². The molecule has 5 nitrogen and oxygen atoms in total. The fourth-order valence-corrected chi connectivity index (χ4v) is 3.91. The van der Waals surface area contributed by atoms with Gasteiger partial charge in [0.05, 0.1) is 0 Å². The minimum atomic E-state index is 0.311. The SMILES string of the molecule is Cc1ccnc(-n2cccc2CN2CCCN(C(=O)C3CCC3)CC2)c1. The van der Waals surface area contributed by atoms with Crippen molar-refractivity contribution in [1.29, 1.82) is 0 Å². The predicted molar refractivity (Wildman–Crippen MR) is 102 cm³/mol. The Kier molecular flexibility index (Phi) is 5.07. The van der Waals surface area contributed by atoms with E-state index in [4.69, 9.17) is 0 Å². The van der Waals surface area contributed by atoms with Crippen molar-refractivity contribution in [2.75, 3.05) is 26.2 Å². The van der Waals surface area contributed by atoms with Crippen LogP contribution in [0.25, 0.3) is 5.82 Å². The van der Waals surface area contributed by atoms with Crippen LogP contribution in [0, 0.1) is 12.8 Å². The average Bonchev–Trinajstić information content (AvgIpc) is 2.91. The zero-order valence-corrected chi connectivity index (χ0v) is 15.6. The fraction of sp³-hybridized carbons (Fsp3) is 0.524. The van der Waals surface area contributed by atoms with E-state index < -0.39 is 0 Å². The first-order valence-electron chi connectivity index (χ1n) is 9.81. The number of hydrogen-bond donors (Lipinski definition) is 0. The number of amides is 1. The highest BCUT2D eigenvalue weighted by Gasteiger charge is 2.30. The maximum absolute atomic E-state index is 12.5. The largest absolute Gasteiger partial charge is 0.341 e. The Morgan fingerprint density at radius 1 is 1.15 bits per heavy atom. The van der Waals surface area contributed by atoms with Crippen molar-refractivity contribution in [3.63, 3.8) is 0 Å². The molecule has 0 atom stereocenters. The molecule has 3 heterocycles. The maximum Gasteiger partial charge on any atom is 0.225 e. The molecule has 1 saturated carbocycles. The van der Waals surface area contributed by atoms with Crippen LogP contribution in [-0.2, 0) is 11.3 Å². The summed E-state index contributed by atoms with van der Waals surface area (Å²) in [5.41, 5.74) is 2.47. The molecule has 1 saturated heterocycles. The summed E-state index contributed by atoms with van der Waals surface area (Å²) >= 11 is 0. The molecule has 0 spiro atoms. The molecule has 2 aliphatic rings. The second-order valence-electron chi connectivity index (χ2n) is 7.64. The van der Waals surface area contributed by atoms with Crippen LogP contribution in [0.2, 0.25) is 0 Å². The summed E-state index contributed by atoms with van der Waals surface area (Å²) in [6.45, 7) is 6.75. The lowest BCUT2D eigenvalue weighted by atomic mass is 9.84. The first kappa shape index (κ1) is 17.3. The van der Waals surface area contributed by atoms with E-state index in [2.05, 4.69) is 50.7 Å². The van der Waals surface area contributed by atoms with Crippen molar-refractivity contribution in [2.45, 2.75) is 39.2 Å². The Hall–Kier alpha value is -2.14. The second kappa shape index (κ2) is 7.62. The molecule has 2 fully saturated rings. The highest BCUT2D eigenvalue weighted by atomic mass is 16.2. The number of nitrogens with zero attached hydrogens (tertiary/aromatic N) is 4. The van der Waals surface area contributed by atoms with E-state index in [1.165, 1.54) is 17.7 Å². The lowest BCUT2D eigenvalue weighted by Crippen LogP contribution is -2.41. The number of carbonyl (C=O) groups is 1. The lowest BCUT2D eigenvalue weighted by Gasteiger charge is -2.31. The van der Waals surface area contributed by atoms with Crippen molar-refractivity contribution >= 4 is 5.91 Å². The molecule has 0 N–H and O–H groups in total. The van der Waals surface area contributed by atoms with Crippen molar-refractivity contribution in [3.8, 4) is 5.82 Å². The smallest absolute Gasteiger partial charge is 0.225 e. The monoisotopic (exact) mass is 352 g/mol. The van der Waals surface area contributed by atoms with Gasteiger partial charge < -0.3 is 9.47 Å². The molecule has 0 bridgehead atoms. The second-order valence-corrected chi connectivity index (χ2v) is 7.64. The zero-order chi connectivity index (χ0) is 17.9. The first-order valence-corrected chi connectivity index (χ1v) is 9.81. The number of carbonyl (C=O) groups excluding carboxylic acids is 1. The fourth-order valence-electron chi connectivity index (χ4n) is 3.91. The minimum Gasteiger partial charge on any atom is -0.341 e. The molecule has 0 aromatic carbocycles. The van der Waals surface area contributed by atoms with E-state index in [1.807, 2.05) is 12.3 Å². The van der Waals surface area contributed by atoms with Gasteiger partial charge in [-0.2, -0.15) is 0 Å². The molecular formula is C21H28N4O. The highest BCUT2D eigenvalue weighted by Crippen LogP contribution is 2.28. The first-order chi connectivity index (χ1) is 12.7. The normalized spacial score (nSPS) is 19.2. The van der Waals surface area contributed by atoms with Crippen molar-refractivity contribution in [2.24, 2.45) is 5.92 Å². The van der Waals surface area contributed by atoms with Crippen molar-refractivity contribution < 1.29 is 4.79 Å². The van der Waals surface area contributed by atoms with Gasteiger partial charge in [-0.1, -0.05) is 6.42 Å². The van der Waals surface area contributed by atoms with Crippen LogP contribution in [-0.4, -0.2) is 51.4 Å². The zero-order valence-electron chi connectivity index (χ0n) is 15.6. The van der Waals surface area contributed by atoms with Gasteiger partial charge in [-0.15, -0.1) is 0 Å². The standard InChI is InChI=1S/C21H28N4O/c1-17-8-9-22-20(15-17)25-12-3-7-19(25)16-23-10-4-11-24(14-13-23)21(26)18-5-2-6-18/h3,7-9,12,15,18H,2,4-6,10-11,13-14,16H2,1H3. The Morgan fingerprint density at radius 3 is 2.81 bits per heavy atom. The summed E-state index contributed by atoms with van der Waals surface area (Å²) in [6, 6.07) is 8.40. The van der Waals surface area contributed by atoms with Gasteiger partial charge in [-0.05, 0) is 56.0 Å². The van der Waals surface area contributed by atoms with Gasteiger partial charge in [0.1, 0.15) is 5.82 Å². The Bertz CT molecular complexity index is 765. The van der Waals surface area contributed by atoms with Gasteiger partial charge in [-0.25, -0.2) is 4.98 Å². The van der Waals surface area contributed by atoms with E-state index in [1.54, 1.807) is 0 Å². The van der Waals surface area contributed by atoms with Gasteiger partial charge in [0.15, 0.2) is 0 Å². The quantitative estimate of drug-likeness (QED) is 0.849. The third-order valence-electron chi connectivity index (χ3n) is 5.72. The number of aromatic nitrogens is 2. The van der Waals surface area contributed by atoms with Gasteiger partial charge in [0, 0.05) is 56.7 Å². The number of hydrogen-bond acceptors (Lipinski definition) is 3. The molecule has 26 heavy (non-hydrogen) atoms. The third kappa shape index (κ3) is 3.68. The van der Waals surface area contributed by atoms with Crippen LogP contribution in [0.4, 0.5) is 0 Å². The number of rotatable bonds is 4. The molecular weight excluding hydrogens is 324 g/mol. The van der Waals surface area contributed by atoms with Crippen LogP contribution in [0.3, 0.4) is 0 Å². The molecule has 1 amide bonds. The Labute approximate surface area is 155 Å². The van der Waals surface area contributed by atoms with Crippen LogP contribution in [0.1, 0.15) is 36.9 Å². The van der Waals surface area contributed by atoms with E-state index in [0.29, 0.717) is 11.8 Å². The molecule has 4 rings (SSSR count). The van der Waals surface area contributed by atoms with E-state index >= 15 is 0 Å². The summed E-state index contributed by atoms with van der Waals surface area (Å²) in [4.78, 5) is 21.6. The molecule has 0 unspecified atom stereocenters. The maximum atomic E-state index is 12.5. The Balaban J connectivity index is 1.41.